The van der Waals surface area contributed by atoms with Crippen LogP contribution in [0.25, 0.3) is 0 Å². The van der Waals surface area contributed by atoms with Crippen molar-refractivity contribution < 1.29 is 4.74 Å². The molecule has 0 aliphatic carbocycles. The largest absolute Gasteiger partial charge is 0.379 e. The van der Waals surface area contributed by atoms with Crippen molar-refractivity contribution in [2.24, 2.45) is 0 Å². The molecule has 2 heterocycles. The molecule has 2 aliphatic heterocycles. The molecule has 2 rings (SSSR count). The van der Waals surface area contributed by atoms with Crippen molar-refractivity contribution in [1.82, 2.24) is 15.1 Å². The highest BCUT2D eigenvalue weighted by molar-refractivity contribution is 4.82. The molecule has 0 aromatic carbocycles. The van der Waals surface area contributed by atoms with E-state index in [2.05, 4.69) is 29.0 Å². The summed E-state index contributed by atoms with van der Waals surface area (Å²) in [6, 6.07) is 1.42. The molecule has 1 N–H and O–H groups in total. The first-order valence-corrected chi connectivity index (χ1v) is 7.53. The van der Waals surface area contributed by atoms with Crippen LogP contribution in [0.4, 0.5) is 0 Å². The number of rotatable bonds is 6. The van der Waals surface area contributed by atoms with Gasteiger partial charge in [0.2, 0.25) is 0 Å². The number of morpholine rings is 1. The first kappa shape index (κ1) is 14.3. The Morgan fingerprint density at radius 2 is 2.00 bits per heavy atom. The Labute approximate surface area is 112 Å². The molecule has 106 valence electrons. The number of nitrogens with zero attached hydrogens (tertiary/aromatic N) is 2. The summed E-state index contributed by atoms with van der Waals surface area (Å²) >= 11 is 0. The number of ether oxygens (including phenoxy) is 1. The van der Waals surface area contributed by atoms with Crippen molar-refractivity contribution in [2.75, 3.05) is 52.5 Å². The van der Waals surface area contributed by atoms with E-state index in [1.807, 2.05) is 0 Å². The van der Waals surface area contributed by atoms with Gasteiger partial charge in [-0.25, -0.2) is 0 Å². The highest BCUT2D eigenvalue weighted by atomic mass is 16.5. The topological polar surface area (TPSA) is 27.7 Å². The molecule has 0 amide bonds. The predicted octanol–water partition coefficient (Wildman–Crippen LogP) is 0.781. The van der Waals surface area contributed by atoms with Crippen LogP contribution in [0.1, 0.15) is 26.7 Å². The lowest BCUT2D eigenvalue weighted by molar-refractivity contribution is 0.0374. The van der Waals surface area contributed by atoms with E-state index in [0.717, 1.165) is 38.9 Å². The lowest BCUT2D eigenvalue weighted by atomic mass is 10.2. The van der Waals surface area contributed by atoms with Crippen LogP contribution in [-0.2, 0) is 4.74 Å². The Morgan fingerprint density at radius 1 is 1.22 bits per heavy atom. The molecule has 1 atom stereocenters. The summed E-state index contributed by atoms with van der Waals surface area (Å²) in [5.41, 5.74) is 0. The maximum absolute atomic E-state index is 5.36. The van der Waals surface area contributed by atoms with E-state index >= 15 is 0 Å². The molecule has 0 aromatic heterocycles. The standard InChI is InChI=1S/C14H29N3O/c1-13(2)17-7-4-14(12-17)15-5-3-6-16-8-10-18-11-9-16/h13-15H,3-12H2,1-2H3. The monoisotopic (exact) mass is 255 g/mol. The van der Waals surface area contributed by atoms with Gasteiger partial charge in [0.15, 0.2) is 0 Å². The fraction of sp³-hybridized carbons (Fsp3) is 1.00. The van der Waals surface area contributed by atoms with Gasteiger partial charge in [-0.15, -0.1) is 0 Å². The quantitative estimate of drug-likeness (QED) is 0.710. The van der Waals surface area contributed by atoms with Gasteiger partial charge in [-0.1, -0.05) is 0 Å². The van der Waals surface area contributed by atoms with E-state index in [1.54, 1.807) is 0 Å². The SMILES string of the molecule is CC(C)N1CCC(NCCCN2CCOCC2)C1. The normalized spacial score (nSPS) is 27.2. The van der Waals surface area contributed by atoms with Gasteiger partial charge in [-0.05, 0) is 46.3 Å². The van der Waals surface area contributed by atoms with E-state index < -0.39 is 0 Å². The zero-order chi connectivity index (χ0) is 12.8. The van der Waals surface area contributed by atoms with Crippen molar-refractivity contribution in [3.63, 3.8) is 0 Å². The summed E-state index contributed by atoms with van der Waals surface area (Å²) in [6.45, 7) is 13.5. The van der Waals surface area contributed by atoms with Gasteiger partial charge in [0.1, 0.15) is 0 Å². The number of likely N-dealkylation sites (tertiary alicyclic amines) is 1. The second kappa shape index (κ2) is 7.43. The van der Waals surface area contributed by atoms with Crippen LogP contribution in [0.5, 0.6) is 0 Å². The molecule has 2 fully saturated rings. The van der Waals surface area contributed by atoms with Crippen molar-refractivity contribution in [3.05, 3.63) is 0 Å². The Hall–Kier alpha value is -0.160. The zero-order valence-corrected chi connectivity index (χ0v) is 12.0. The van der Waals surface area contributed by atoms with Crippen LogP contribution < -0.4 is 5.32 Å². The Morgan fingerprint density at radius 3 is 2.67 bits per heavy atom. The van der Waals surface area contributed by atoms with E-state index in [9.17, 15) is 0 Å². The van der Waals surface area contributed by atoms with Crippen LogP contribution in [0.15, 0.2) is 0 Å². The molecule has 4 heteroatoms. The van der Waals surface area contributed by atoms with Gasteiger partial charge in [-0.2, -0.15) is 0 Å². The van der Waals surface area contributed by atoms with E-state index in [-0.39, 0.29) is 0 Å². The Bertz CT molecular complexity index is 229. The molecule has 2 aliphatic rings. The van der Waals surface area contributed by atoms with Gasteiger partial charge >= 0.3 is 0 Å². The molecule has 0 bridgehead atoms. The second-order valence-corrected chi connectivity index (χ2v) is 5.84. The highest BCUT2D eigenvalue weighted by Gasteiger charge is 2.23. The van der Waals surface area contributed by atoms with Gasteiger partial charge in [0.25, 0.3) is 0 Å². The van der Waals surface area contributed by atoms with Gasteiger partial charge in [0.05, 0.1) is 13.2 Å². The van der Waals surface area contributed by atoms with Crippen LogP contribution in [0.3, 0.4) is 0 Å². The molecule has 0 radical (unpaired) electrons. The third-order valence-corrected chi connectivity index (χ3v) is 4.14. The minimum absolute atomic E-state index is 0.699. The van der Waals surface area contributed by atoms with Crippen molar-refractivity contribution in [3.8, 4) is 0 Å². The van der Waals surface area contributed by atoms with E-state index in [4.69, 9.17) is 4.74 Å². The molecule has 2 saturated heterocycles. The predicted molar refractivity (Wildman–Crippen MR) is 75.0 cm³/mol. The summed E-state index contributed by atoms with van der Waals surface area (Å²) in [4.78, 5) is 5.08. The molecule has 0 saturated carbocycles. The molecule has 0 spiro atoms. The summed E-state index contributed by atoms with van der Waals surface area (Å²) in [5, 5.41) is 3.71. The number of hydrogen-bond donors (Lipinski definition) is 1. The van der Waals surface area contributed by atoms with E-state index in [0.29, 0.717) is 6.04 Å². The third-order valence-electron chi connectivity index (χ3n) is 4.14. The van der Waals surface area contributed by atoms with Crippen LogP contribution in [-0.4, -0.2) is 74.4 Å². The van der Waals surface area contributed by atoms with Gasteiger partial charge in [-0.3, -0.25) is 9.80 Å². The average Bonchev–Trinajstić information content (AvgIpc) is 2.85. The summed E-state index contributed by atoms with van der Waals surface area (Å²) in [6.07, 6.45) is 2.58. The molecular formula is C14H29N3O. The molecule has 0 aromatic rings. The highest BCUT2D eigenvalue weighted by Crippen LogP contribution is 2.12. The number of hydrogen-bond acceptors (Lipinski definition) is 4. The Kier molecular flexibility index (Phi) is 5.89. The van der Waals surface area contributed by atoms with Crippen molar-refractivity contribution in [2.45, 2.75) is 38.8 Å². The van der Waals surface area contributed by atoms with Gasteiger partial charge < -0.3 is 10.1 Å². The van der Waals surface area contributed by atoms with Crippen LogP contribution in [0, 0.1) is 0 Å². The van der Waals surface area contributed by atoms with Gasteiger partial charge in [0, 0.05) is 31.7 Å². The van der Waals surface area contributed by atoms with Crippen LogP contribution >= 0.6 is 0 Å². The first-order chi connectivity index (χ1) is 8.75. The fourth-order valence-corrected chi connectivity index (χ4v) is 2.86. The summed E-state index contributed by atoms with van der Waals surface area (Å²) < 4.78 is 5.36. The zero-order valence-electron chi connectivity index (χ0n) is 12.0. The maximum atomic E-state index is 5.36. The van der Waals surface area contributed by atoms with E-state index in [1.165, 1.54) is 32.5 Å². The minimum Gasteiger partial charge on any atom is -0.379 e. The smallest absolute Gasteiger partial charge is 0.0594 e. The molecule has 1 unspecified atom stereocenters. The minimum atomic E-state index is 0.699. The van der Waals surface area contributed by atoms with Crippen molar-refractivity contribution in [1.29, 1.82) is 0 Å². The second-order valence-electron chi connectivity index (χ2n) is 5.84. The lowest BCUT2D eigenvalue weighted by Gasteiger charge is -2.26. The first-order valence-electron chi connectivity index (χ1n) is 7.53. The third kappa shape index (κ3) is 4.50. The van der Waals surface area contributed by atoms with Crippen molar-refractivity contribution >= 4 is 0 Å². The maximum Gasteiger partial charge on any atom is 0.0594 e. The van der Waals surface area contributed by atoms with Crippen LogP contribution in [0.2, 0.25) is 0 Å². The lowest BCUT2D eigenvalue weighted by Crippen LogP contribution is -2.39. The Balaban J connectivity index is 1.51. The molecular weight excluding hydrogens is 226 g/mol. The molecule has 18 heavy (non-hydrogen) atoms. The summed E-state index contributed by atoms with van der Waals surface area (Å²) in [7, 11) is 0. The fourth-order valence-electron chi connectivity index (χ4n) is 2.86. The summed E-state index contributed by atoms with van der Waals surface area (Å²) in [5.74, 6) is 0. The molecule has 4 nitrogen and oxygen atoms in total. The number of nitrogens with one attached hydrogen (secondary N) is 1. The average molecular weight is 255 g/mol.